The van der Waals surface area contributed by atoms with Crippen molar-refractivity contribution in [3.8, 4) is 0 Å². The first-order valence-electron chi connectivity index (χ1n) is 7.81. The number of nitrogens with zero attached hydrogens (tertiary/aromatic N) is 1. The second kappa shape index (κ2) is 7.16. The fourth-order valence-electron chi connectivity index (χ4n) is 3.51. The van der Waals surface area contributed by atoms with Crippen molar-refractivity contribution in [3.05, 3.63) is 0 Å². The maximum absolute atomic E-state index is 3.72. The van der Waals surface area contributed by atoms with Crippen molar-refractivity contribution in [2.45, 2.75) is 63.8 Å². The highest BCUT2D eigenvalue weighted by atomic mass is 32.2. The average molecular weight is 270 g/mol. The Balaban J connectivity index is 1.89. The van der Waals surface area contributed by atoms with Gasteiger partial charge in [-0.3, -0.25) is 4.90 Å². The molecule has 1 N–H and O–H groups in total. The number of thioether (sulfide) groups is 1. The fraction of sp³-hybridized carbons (Fsp3) is 1.00. The number of hydrogen-bond acceptors (Lipinski definition) is 3. The summed E-state index contributed by atoms with van der Waals surface area (Å²) in [5.41, 5.74) is 0. The van der Waals surface area contributed by atoms with Gasteiger partial charge in [0, 0.05) is 36.2 Å². The molecular weight excluding hydrogens is 240 g/mol. The van der Waals surface area contributed by atoms with Crippen LogP contribution < -0.4 is 5.32 Å². The molecule has 0 spiro atoms. The molecule has 1 saturated carbocycles. The Bertz CT molecular complexity index is 245. The molecule has 4 unspecified atom stereocenters. The Morgan fingerprint density at radius 2 is 2.00 bits per heavy atom. The number of nitrogens with one attached hydrogen (secondary N) is 1. The SMILES string of the molecule is CCNC1CCCCC1CN1CCSC(C)C1C. The molecule has 0 aromatic heterocycles. The van der Waals surface area contributed by atoms with Crippen LogP contribution in [0.3, 0.4) is 0 Å². The zero-order valence-corrected chi connectivity index (χ0v) is 13.1. The molecule has 106 valence electrons. The predicted molar refractivity (Wildman–Crippen MR) is 82.4 cm³/mol. The summed E-state index contributed by atoms with van der Waals surface area (Å²) in [4.78, 5) is 2.75. The topological polar surface area (TPSA) is 15.3 Å². The highest BCUT2D eigenvalue weighted by Crippen LogP contribution is 2.29. The van der Waals surface area contributed by atoms with Crippen molar-refractivity contribution in [2.75, 3.05) is 25.4 Å². The van der Waals surface area contributed by atoms with E-state index in [0.717, 1.165) is 29.8 Å². The first kappa shape index (κ1) is 14.7. The van der Waals surface area contributed by atoms with E-state index in [4.69, 9.17) is 0 Å². The van der Waals surface area contributed by atoms with Crippen LogP contribution in [-0.4, -0.2) is 47.6 Å². The van der Waals surface area contributed by atoms with E-state index < -0.39 is 0 Å². The molecule has 0 bridgehead atoms. The largest absolute Gasteiger partial charge is 0.314 e. The standard InChI is InChI=1S/C15H30N2S/c1-4-16-15-8-6-5-7-14(15)11-17-9-10-18-13(3)12(17)2/h12-16H,4-11H2,1-3H3. The summed E-state index contributed by atoms with van der Waals surface area (Å²) < 4.78 is 0. The molecule has 0 aromatic rings. The molecule has 1 saturated heterocycles. The molecule has 1 heterocycles. The minimum absolute atomic E-state index is 0.757. The van der Waals surface area contributed by atoms with Gasteiger partial charge in [0.25, 0.3) is 0 Å². The first-order valence-corrected chi connectivity index (χ1v) is 8.86. The highest BCUT2D eigenvalue weighted by molar-refractivity contribution is 8.00. The summed E-state index contributed by atoms with van der Waals surface area (Å²) in [6.45, 7) is 10.8. The predicted octanol–water partition coefficient (Wildman–Crippen LogP) is 2.98. The maximum Gasteiger partial charge on any atom is 0.0184 e. The molecule has 1 aliphatic carbocycles. The van der Waals surface area contributed by atoms with Gasteiger partial charge in [0.2, 0.25) is 0 Å². The molecule has 2 fully saturated rings. The number of hydrogen-bond donors (Lipinski definition) is 1. The van der Waals surface area contributed by atoms with Crippen LogP contribution in [0.2, 0.25) is 0 Å². The molecule has 0 aromatic carbocycles. The third-order valence-corrected chi connectivity index (χ3v) is 6.20. The Morgan fingerprint density at radius 3 is 2.78 bits per heavy atom. The van der Waals surface area contributed by atoms with Crippen LogP contribution in [0.1, 0.15) is 46.5 Å². The summed E-state index contributed by atoms with van der Waals surface area (Å²) >= 11 is 2.15. The van der Waals surface area contributed by atoms with Crippen LogP contribution in [0.5, 0.6) is 0 Å². The van der Waals surface area contributed by atoms with Crippen molar-refractivity contribution >= 4 is 11.8 Å². The van der Waals surface area contributed by atoms with E-state index >= 15 is 0 Å². The Hall–Kier alpha value is 0.270. The van der Waals surface area contributed by atoms with Gasteiger partial charge in [-0.1, -0.05) is 26.7 Å². The van der Waals surface area contributed by atoms with Gasteiger partial charge in [-0.25, -0.2) is 0 Å². The van der Waals surface area contributed by atoms with Crippen LogP contribution in [0, 0.1) is 5.92 Å². The molecule has 1 aliphatic heterocycles. The van der Waals surface area contributed by atoms with Gasteiger partial charge in [0.05, 0.1) is 0 Å². The minimum Gasteiger partial charge on any atom is -0.314 e. The summed E-state index contributed by atoms with van der Waals surface area (Å²) in [7, 11) is 0. The molecule has 2 aliphatic rings. The lowest BCUT2D eigenvalue weighted by Gasteiger charge is -2.42. The van der Waals surface area contributed by atoms with Gasteiger partial charge in [0.15, 0.2) is 0 Å². The summed E-state index contributed by atoms with van der Waals surface area (Å²) in [5.74, 6) is 2.21. The molecule has 18 heavy (non-hydrogen) atoms. The fourth-order valence-corrected chi connectivity index (χ4v) is 4.67. The molecule has 2 nitrogen and oxygen atoms in total. The van der Waals surface area contributed by atoms with E-state index in [9.17, 15) is 0 Å². The second-order valence-electron chi connectivity index (χ2n) is 6.02. The van der Waals surface area contributed by atoms with Crippen molar-refractivity contribution < 1.29 is 0 Å². The van der Waals surface area contributed by atoms with Gasteiger partial charge in [-0.15, -0.1) is 0 Å². The quantitative estimate of drug-likeness (QED) is 0.845. The van der Waals surface area contributed by atoms with Crippen LogP contribution in [-0.2, 0) is 0 Å². The molecule has 3 heteroatoms. The smallest absolute Gasteiger partial charge is 0.0184 e. The lowest BCUT2D eigenvalue weighted by Crippen LogP contribution is -2.50. The molecular formula is C15H30N2S. The van der Waals surface area contributed by atoms with E-state index in [2.05, 4.69) is 42.7 Å². The van der Waals surface area contributed by atoms with Gasteiger partial charge in [-0.2, -0.15) is 11.8 Å². The van der Waals surface area contributed by atoms with Gasteiger partial charge < -0.3 is 5.32 Å². The monoisotopic (exact) mass is 270 g/mol. The van der Waals surface area contributed by atoms with Crippen molar-refractivity contribution in [1.82, 2.24) is 10.2 Å². The summed E-state index contributed by atoms with van der Waals surface area (Å²) in [6, 6.07) is 1.54. The average Bonchev–Trinajstić information content (AvgIpc) is 2.37. The lowest BCUT2D eigenvalue weighted by molar-refractivity contribution is 0.138. The van der Waals surface area contributed by atoms with Crippen molar-refractivity contribution in [2.24, 2.45) is 5.92 Å². The molecule has 4 atom stereocenters. The zero-order valence-electron chi connectivity index (χ0n) is 12.3. The van der Waals surface area contributed by atoms with E-state index in [-0.39, 0.29) is 0 Å². The highest BCUT2D eigenvalue weighted by Gasteiger charge is 2.31. The summed E-state index contributed by atoms with van der Waals surface area (Å²) in [5, 5.41) is 4.52. The van der Waals surface area contributed by atoms with Crippen LogP contribution in [0.15, 0.2) is 0 Å². The van der Waals surface area contributed by atoms with E-state index in [1.807, 2.05) is 0 Å². The third-order valence-electron chi connectivity index (χ3n) is 4.86. The van der Waals surface area contributed by atoms with Gasteiger partial charge in [-0.05, 0) is 32.2 Å². The normalized spacial score (nSPS) is 38.8. The lowest BCUT2D eigenvalue weighted by atomic mass is 9.83. The molecule has 0 radical (unpaired) electrons. The van der Waals surface area contributed by atoms with Gasteiger partial charge in [0.1, 0.15) is 0 Å². The number of rotatable bonds is 4. The second-order valence-corrected chi connectivity index (χ2v) is 7.51. The van der Waals surface area contributed by atoms with Crippen molar-refractivity contribution in [3.63, 3.8) is 0 Å². The minimum atomic E-state index is 0.757. The zero-order chi connectivity index (χ0) is 13.0. The summed E-state index contributed by atoms with van der Waals surface area (Å²) in [6.07, 6.45) is 5.70. The molecule has 2 rings (SSSR count). The van der Waals surface area contributed by atoms with E-state index in [1.165, 1.54) is 44.5 Å². The first-order chi connectivity index (χ1) is 8.72. The Labute approximate surface area is 117 Å². The van der Waals surface area contributed by atoms with Crippen LogP contribution >= 0.6 is 11.8 Å². The van der Waals surface area contributed by atoms with Gasteiger partial charge >= 0.3 is 0 Å². The van der Waals surface area contributed by atoms with E-state index in [1.54, 1.807) is 0 Å². The molecule has 0 amide bonds. The van der Waals surface area contributed by atoms with Crippen molar-refractivity contribution in [1.29, 1.82) is 0 Å². The maximum atomic E-state index is 3.72. The Morgan fingerprint density at radius 1 is 1.22 bits per heavy atom. The Kier molecular flexibility index (Phi) is 5.84. The van der Waals surface area contributed by atoms with E-state index in [0.29, 0.717) is 0 Å². The van der Waals surface area contributed by atoms with Crippen LogP contribution in [0.25, 0.3) is 0 Å². The van der Waals surface area contributed by atoms with Crippen LogP contribution in [0.4, 0.5) is 0 Å². The third kappa shape index (κ3) is 3.64.